The van der Waals surface area contributed by atoms with Crippen LogP contribution in [-0.2, 0) is 13.0 Å². The monoisotopic (exact) mass is 355 g/mol. The third-order valence-electron chi connectivity index (χ3n) is 3.93. The molecule has 3 aromatic rings. The van der Waals surface area contributed by atoms with E-state index in [4.69, 9.17) is 21.1 Å². The number of amides is 1. The lowest BCUT2D eigenvalue weighted by molar-refractivity contribution is 0.102. The molecule has 2 aromatic carbocycles. The molecule has 2 N–H and O–H groups in total. The lowest BCUT2D eigenvalue weighted by atomic mass is 10.1. The molecule has 0 aliphatic heterocycles. The van der Waals surface area contributed by atoms with Gasteiger partial charge in [0.2, 0.25) is 0 Å². The Hall–Kier alpha value is -2.56. The Morgan fingerprint density at radius 1 is 1.12 bits per heavy atom. The van der Waals surface area contributed by atoms with E-state index in [0.717, 1.165) is 6.42 Å². The average molecular weight is 356 g/mol. The minimum Gasteiger partial charge on any atom is -0.459 e. The summed E-state index contributed by atoms with van der Waals surface area (Å²) in [5, 5.41) is 12.4. The minimum atomic E-state index is -0.188. The molecule has 1 aromatic heterocycles. The quantitative estimate of drug-likeness (QED) is 0.683. The molecule has 1 amide bonds. The van der Waals surface area contributed by atoms with Crippen LogP contribution in [0, 0.1) is 0 Å². The van der Waals surface area contributed by atoms with Crippen molar-refractivity contribution in [3.63, 3.8) is 0 Å². The number of rotatable bonds is 5. The van der Waals surface area contributed by atoms with Crippen LogP contribution in [0.3, 0.4) is 0 Å². The first kappa shape index (κ1) is 17.3. The molecule has 1 heterocycles. The van der Waals surface area contributed by atoms with E-state index in [1.54, 1.807) is 30.3 Å². The molecule has 3 rings (SSSR count). The molecule has 5 heteroatoms. The molecule has 0 fully saturated rings. The first-order chi connectivity index (χ1) is 12.1. The Morgan fingerprint density at radius 3 is 2.48 bits per heavy atom. The number of nitrogens with one attached hydrogen (secondary N) is 1. The second kappa shape index (κ2) is 7.55. The summed E-state index contributed by atoms with van der Waals surface area (Å²) in [6.07, 6.45) is 0.934. The average Bonchev–Trinajstić information content (AvgIpc) is 3.10. The highest BCUT2D eigenvalue weighted by Gasteiger charge is 2.11. The Labute approximate surface area is 151 Å². The predicted molar refractivity (Wildman–Crippen MR) is 98.9 cm³/mol. The summed E-state index contributed by atoms with van der Waals surface area (Å²) in [6.45, 7) is 1.91. The van der Waals surface area contributed by atoms with Crippen molar-refractivity contribution < 1.29 is 14.3 Å². The van der Waals surface area contributed by atoms with Crippen LogP contribution in [0.4, 0.5) is 5.69 Å². The molecule has 128 valence electrons. The van der Waals surface area contributed by atoms with Gasteiger partial charge in [-0.25, -0.2) is 0 Å². The van der Waals surface area contributed by atoms with Gasteiger partial charge in [-0.15, -0.1) is 0 Å². The molecule has 25 heavy (non-hydrogen) atoms. The number of furan rings is 1. The second-order valence-electron chi connectivity index (χ2n) is 5.62. The molecule has 0 saturated heterocycles. The summed E-state index contributed by atoms with van der Waals surface area (Å²) in [5.74, 6) is 0.855. The number of carbonyl (C=O) groups is 1. The Balaban J connectivity index is 1.76. The number of aryl methyl sites for hydroxylation is 1. The summed E-state index contributed by atoms with van der Waals surface area (Å²) in [7, 11) is 0. The number of anilines is 1. The largest absolute Gasteiger partial charge is 0.459 e. The van der Waals surface area contributed by atoms with Crippen molar-refractivity contribution in [3.8, 4) is 11.3 Å². The van der Waals surface area contributed by atoms with Crippen LogP contribution in [0.25, 0.3) is 11.3 Å². The first-order valence-corrected chi connectivity index (χ1v) is 8.38. The standard InChI is InChI=1S/C20H18ClNO3/c1-2-13-3-5-14(6-4-13)20(24)22-15-7-9-17(18(21)11-15)19-10-8-16(12-23)25-19/h3-11,23H,2,12H2,1H3,(H,22,24). The van der Waals surface area contributed by atoms with Crippen molar-refractivity contribution in [3.05, 3.63) is 76.5 Å². The number of aliphatic hydroxyl groups is 1. The molecular weight excluding hydrogens is 338 g/mol. The van der Waals surface area contributed by atoms with Crippen molar-refractivity contribution in [2.75, 3.05) is 5.32 Å². The van der Waals surface area contributed by atoms with Gasteiger partial charge in [0, 0.05) is 16.8 Å². The number of hydrogen-bond donors (Lipinski definition) is 2. The van der Waals surface area contributed by atoms with Crippen LogP contribution in [0.1, 0.15) is 28.6 Å². The highest BCUT2D eigenvalue weighted by atomic mass is 35.5. The Morgan fingerprint density at radius 2 is 1.88 bits per heavy atom. The minimum absolute atomic E-state index is 0.164. The van der Waals surface area contributed by atoms with E-state index in [1.165, 1.54) is 5.56 Å². The molecule has 0 aliphatic rings. The summed E-state index contributed by atoms with van der Waals surface area (Å²) in [5.41, 5.74) is 3.08. The van der Waals surface area contributed by atoms with Crippen molar-refractivity contribution in [1.82, 2.24) is 0 Å². The maximum Gasteiger partial charge on any atom is 0.255 e. The van der Waals surface area contributed by atoms with Crippen molar-refractivity contribution in [1.29, 1.82) is 0 Å². The van der Waals surface area contributed by atoms with Gasteiger partial charge in [0.05, 0.1) is 5.02 Å². The van der Waals surface area contributed by atoms with E-state index in [1.807, 2.05) is 24.3 Å². The van der Waals surface area contributed by atoms with E-state index in [0.29, 0.717) is 33.4 Å². The van der Waals surface area contributed by atoms with Crippen LogP contribution in [0.5, 0.6) is 0 Å². The lowest BCUT2D eigenvalue weighted by Crippen LogP contribution is -2.11. The zero-order valence-corrected chi connectivity index (χ0v) is 14.5. The smallest absolute Gasteiger partial charge is 0.255 e. The normalized spacial score (nSPS) is 10.7. The van der Waals surface area contributed by atoms with E-state index in [-0.39, 0.29) is 12.5 Å². The van der Waals surface area contributed by atoms with Gasteiger partial charge in [-0.2, -0.15) is 0 Å². The fraction of sp³-hybridized carbons (Fsp3) is 0.150. The number of carbonyl (C=O) groups excluding carboxylic acids is 1. The third-order valence-corrected chi connectivity index (χ3v) is 4.25. The zero-order chi connectivity index (χ0) is 17.8. The SMILES string of the molecule is CCc1ccc(C(=O)Nc2ccc(-c3ccc(CO)o3)c(Cl)c2)cc1. The first-order valence-electron chi connectivity index (χ1n) is 8.00. The predicted octanol–water partition coefficient (Wildman–Crippen LogP) is 4.91. The van der Waals surface area contributed by atoms with E-state index in [2.05, 4.69) is 12.2 Å². The van der Waals surface area contributed by atoms with Gasteiger partial charge in [0.25, 0.3) is 5.91 Å². The Bertz CT molecular complexity index is 884. The molecular formula is C20H18ClNO3. The highest BCUT2D eigenvalue weighted by molar-refractivity contribution is 6.33. The van der Waals surface area contributed by atoms with Gasteiger partial charge in [0.1, 0.15) is 18.1 Å². The van der Waals surface area contributed by atoms with Crippen LogP contribution in [0.2, 0.25) is 5.02 Å². The maximum absolute atomic E-state index is 12.3. The van der Waals surface area contributed by atoms with Crippen molar-refractivity contribution >= 4 is 23.2 Å². The second-order valence-corrected chi connectivity index (χ2v) is 6.03. The molecule has 0 radical (unpaired) electrons. The highest BCUT2D eigenvalue weighted by Crippen LogP contribution is 2.31. The fourth-order valence-electron chi connectivity index (χ4n) is 2.50. The van der Waals surface area contributed by atoms with Gasteiger partial charge in [-0.05, 0) is 54.4 Å². The fourth-order valence-corrected chi connectivity index (χ4v) is 2.77. The molecule has 4 nitrogen and oxygen atoms in total. The van der Waals surface area contributed by atoms with Crippen molar-refractivity contribution in [2.45, 2.75) is 20.0 Å². The summed E-state index contributed by atoms with van der Waals surface area (Å²) >= 11 is 6.31. The van der Waals surface area contributed by atoms with Gasteiger partial charge in [0.15, 0.2) is 0 Å². The van der Waals surface area contributed by atoms with Gasteiger partial charge >= 0.3 is 0 Å². The van der Waals surface area contributed by atoms with E-state index < -0.39 is 0 Å². The molecule has 0 unspecified atom stereocenters. The molecule has 0 saturated carbocycles. The van der Waals surface area contributed by atoms with Gasteiger partial charge in [-0.1, -0.05) is 30.7 Å². The summed E-state index contributed by atoms with van der Waals surface area (Å²) < 4.78 is 5.49. The molecule has 0 spiro atoms. The van der Waals surface area contributed by atoms with Crippen LogP contribution in [0.15, 0.2) is 59.0 Å². The topological polar surface area (TPSA) is 62.5 Å². The number of aliphatic hydroxyl groups excluding tert-OH is 1. The number of benzene rings is 2. The number of hydrogen-bond acceptors (Lipinski definition) is 3. The summed E-state index contributed by atoms with van der Waals surface area (Å²) in [6, 6.07) is 16.2. The van der Waals surface area contributed by atoms with E-state index >= 15 is 0 Å². The third kappa shape index (κ3) is 3.92. The zero-order valence-electron chi connectivity index (χ0n) is 13.8. The van der Waals surface area contributed by atoms with Crippen LogP contribution in [-0.4, -0.2) is 11.0 Å². The molecule has 0 bridgehead atoms. The number of halogens is 1. The molecule has 0 aliphatic carbocycles. The van der Waals surface area contributed by atoms with Crippen molar-refractivity contribution in [2.24, 2.45) is 0 Å². The van der Waals surface area contributed by atoms with E-state index in [9.17, 15) is 4.79 Å². The van der Waals surface area contributed by atoms with Crippen LogP contribution >= 0.6 is 11.6 Å². The van der Waals surface area contributed by atoms with Gasteiger partial charge in [-0.3, -0.25) is 4.79 Å². The maximum atomic E-state index is 12.3. The van der Waals surface area contributed by atoms with Gasteiger partial charge < -0.3 is 14.8 Å². The summed E-state index contributed by atoms with van der Waals surface area (Å²) in [4.78, 5) is 12.3. The Kier molecular flexibility index (Phi) is 5.22. The molecule has 0 atom stereocenters. The lowest BCUT2D eigenvalue weighted by Gasteiger charge is -2.08. The van der Waals surface area contributed by atoms with Crippen LogP contribution < -0.4 is 5.32 Å².